The Labute approximate surface area is 311 Å². The summed E-state index contributed by atoms with van der Waals surface area (Å²) in [5, 5.41) is 26.8. The van der Waals surface area contributed by atoms with Gasteiger partial charge in [-0.15, -0.1) is 0 Å². The minimum absolute atomic E-state index is 0.0621. The minimum atomic E-state index is -1.91. The van der Waals surface area contributed by atoms with Crippen LogP contribution < -0.4 is 26.4 Å². The summed E-state index contributed by atoms with van der Waals surface area (Å²) in [4.78, 5) is 60.2. The van der Waals surface area contributed by atoms with E-state index in [1.807, 2.05) is 30.3 Å². The second-order valence-electron chi connectivity index (χ2n) is 13.8. The van der Waals surface area contributed by atoms with E-state index in [1.165, 1.54) is 6.08 Å². The van der Waals surface area contributed by atoms with E-state index in [0.29, 0.717) is 48.8 Å². The van der Waals surface area contributed by atoms with E-state index >= 15 is 0 Å². The van der Waals surface area contributed by atoms with Gasteiger partial charge in [-0.2, -0.15) is 0 Å². The quantitative estimate of drug-likeness (QED) is 0.0438. The molecule has 3 aliphatic rings. The number of cyclic esters (lactones) is 1. The largest absolute Gasteiger partial charge is 0.458 e. The minimum Gasteiger partial charge on any atom is -0.458 e. The Morgan fingerprint density at radius 3 is 2.57 bits per heavy atom. The Morgan fingerprint density at radius 2 is 1.83 bits per heavy atom. The predicted molar refractivity (Wildman–Crippen MR) is 198 cm³/mol. The molecule has 0 unspecified atom stereocenters. The number of hydrogen-bond acceptors (Lipinski definition) is 12. The number of aromatic nitrogens is 2. The number of ether oxygens (including phenoxy) is 2. The molecule has 1 fully saturated rings. The predicted octanol–water partition coefficient (Wildman–Crippen LogP) is 2.22. The fourth-order valence-corrected chi connectivity index (χ4v) is 7.16. The van der Waals surface area contributed by atoms with Crippen molar-refractivity contribution in [3.63, 3.8) is 0 Å². The summed E-state index contributed by atoms with van der Waals surface area (Å²) in [7, 11) is 2.09. The van der Waals surface area contributed by atoms with Crippen molar-refractivity contribution in [3.8, 4) is 17.1 Å². The van der Waals surface area contributed by atoms with Crippen LogP contribution in [0.4, 0.5) is 4.79 Å². The first kappa shape index (κ1) is 36.9. The molecule has 2 aromatic heterocycles. The molecule has 15 heteroatoms. The fourth-order valence-electron chi connectivity index (χ4n) is 7.16. The highest BCUT2D eigenvalue weighted by Crippen LogP contribution is 2.40. The van der Waals surface area contributed by atoms with Crippen LogP contribution in [0.25, 0.3) is 28.4 Å². The first-order valence-corrected chi connectivity index (χ1v) is 18.0. The molecule has 5 heterocycles. The van der Waals surface area contributed by atoms with Crippen LogP contribution in [0, 0.1) is 0 Å². The van der Waals surface area contributed by atoms with E-state index in [2.05, 4.69) is 27.5 Å². The third-order valence-electron chi connectivity index (χ3n) is 10.4. The Morgan fingerprint density at radius 1 is 1.06 bits per heavy atom. The number of aliphatic hydroxyl groups is 1. The number of hydroxylamine groups is 1. The van der Waals surface area contributed by atoms with Gasteiger partial charge in [0.1, 0.15) is 12.4 Å². The molecule has 0 bridgehead atoms. The maximum absolute atomic E-state index is 13.7. The summed E-state index contributed by atoms with van der Waals surface area (Å²) in [6, 6.07) is 14.8. The van der Waals surface area contributed by atoms with E-state index in [4.69, 9.17) is 19.7 Å². The molecule has 0 spiro atoms. The number of hydrogen-bond donors (Lipinski definition) is 5. The Balaban J connectivity index is 1.08. The monoisotopic (exact) mass is 737 g/mol. The summed E-state index contributed by atoms with van der Waals surface area (Å²) in [6.45, 7) is 7.16. The molecular weight excluding hydrogens is 694 g/mol. The van der Waals surface area contributed by atoms with Gasteiger partial charge in [-0.25, -0.2) is 20.1 Å². The molecule has 4 aromatic rings. The molecule has 3 aliphatic heterocycles. The van der Waals surface area contributed by atoms with Gasteiger partial charge in [0.15, 0.2) is 5.60 Å². The van der Waals surface area contributed by atoms with Crippen LogP contribution in [-0.2, 0) is 46.2 Å². The van der Waals surface area contributed by atoms with Crippen molar-refractivity contribution in [2.75, 3.05) is 46.3 Å². The Kier molecular flexibility index (Phi) is 10.6. The second kappa shape index (κ2) is 15.5. The summed E-state index contributed by atoms with van der Waals surface area (Å²) >= 11 is 0. The van der Waals surface area contributed by atoms with Crippen LogP contribution in [0.5, 0.6) is 5.75 Å². The highest BCUT2D eigenvalue weighted by Gasteiger charge is 2.45. The third kappa shape index (κ3) is 7.36. The number of piperazine rings is 1. The van der Waals surface area contributed by atoms with Crippen molar-refractivity contribution < 1.29 is 34.2 Å². The molecular formula is C39H43N7O8. The summed E-state index contributed by atoms with van der Waals surface area (Å²) in [6.07, 6.45) is 2.30. The smallest absolute Gasteiger partial charge is 0.412 e. The molecule has 1 saturated heterocycles. The van der Waals surface area contributed by atoms with Crippen LogP contribution in [0.2, 0.25) is 0 Å². The third-order valence-corrected chi connectivity index (χ3v) is 10.4. The first-order chi connectivity index (χ1) is 26.1. The molecule has 0 radical (unpaired) electrons. The first-order valence-electron chi connectivity index (χ1n) is 18.0. The number of esters is 1. The molecule has 7 rings (SSSR count). The number of rotatable bonds is 11. The molecule has 15 nitrogen and oxygen atoms in total. The van der Waals surface area contributed by atoms with Gasteiger partial charge in [-0.3, -0.25) is 19.7 Å². The van der Waals surface area contributed by atoms with E-state index in [-0.39, 0.29) is 36.3 Å². The lowest BCUT2D eigenvalue weighted by molar-refractivity contribution is -0.172. The standard InChI is InChI=1S/C39H43N7O8/c1-3-39(51)30-19-32-35-26(21-46(32)36(48)29(30)23-53-37(39)49)18-27-28(22-45-16-14-44(2)15-17-45)33(10-9-31(27)42-35)54-38(50)41-13-12-40-20-25-6-4-24(5-7-25)8-11-34(47)43-52/h4-11,18-19,40,51-52H,3,12-17,20-23H2,1-2H3,(H,41,50)(H,43,47)/b11-8+/t39-/m0/s1. The maximum atomic E-state index is 13.7. The SMILES string of the molecule is CC[C@@]1(O)C(=O)OCc2c1cc1n(c2=O)Cc2cc3c(CN4CCN(C)CC4)c(OC(=O)NCCNCc4ccc(/C=C/C(=O)NO)cc4)ccc3nc2-1. The van der Waals surface area contributed by atoms with Gasteiger partial charge < -0.3 is 34.7 Å². The summed E-state index contributed by atoms with van der Waals surface area (Å²) < 4.78 is 12.8. The normalized spacial score (nSPS) is 18.3. The zero-order valence-electron chi connectivity index (χ0n) is 30.2. The summed E-state index contributed by atoms with van der Waals surface area (Å²) in [5.41, 5.74) is 5.11. The van der Waals surface area contributed by atoms with Crippen molar-refractivity contribution in [1.82, 2.24) is 35.5 Å². The molecule has 54 heavy (non-hydrogen) atoms. The van der Waals surface area contributed by atoms with Crippen molar-refractivity contribution in [3.05, 3.63) is 98.3 Å². The van der Waals surface area contributed by atoms with Gasteiger partial charge in [0.05, 0.1) is 29.0 Å². The van der Waals surface area contributed by atoms with Gasteiger partial charge in [-0.05, 0) is 54.9 Å². The van der Waals surface area contributed by atoms with Gasteiger partial charge in [0.2, 0.25) is 0 Å². The lowest BCUT2D eigenvalue weighted by Crippen LogP contribution is -2.44. The van der Waals surface area contributed by atoms with Crippen LogP contribution in [0.1, 0.15) is 46.7 Å². The molecule has 2 amide bonds. The van der Waals surface area contributed by atoms with E-state index in [1.54, 1.807) is 41.2 Å². The van der Waals surface area contributed by atoms with Gasteiger partial charge in [0, 0.05) is 80.5 Å². The zero-order valence-corrected chi connectivity index (χ0v) is 30.2. The highest BCUT2D eigenvalue weighted by atomic mass is 16.6. The highest BCUT2D eigenvalue weighted by molar-refractivity contribution is 5.91. The number of amides is 2. The second-order valence-corrected chi connectivity index (χ2v) is 13.8. The lowest BCUT2D eigenvalue weighted by Gasteiger charge is -2.32. The Hall–Kier alpha value is -5.45. The number of carbonyl (C=O) groups excluding carboxylic acids is 3. The zero-order chi connectivity index (χ0) is 38.0. The van der Waals surface area contributed by atoms with E-state index in [9.17, 15) is 24.3 Å². The number of nitrogens with one attached hydrogen (secondary N) is 3. The maximum Gasteiger partial charge on any atom is 0.412 e. The van der Waals surface area contributed by atoms with E-state index < -0.39 is 23.6 Å². The van der Waals surface area contributed by atoms with Gasteiger partial charge in [-0.1, -0.05) is 31.2 Å². The van der Waals surface area contributed by atoms with Gasteiger partial charge >= 0.3 is 12.1 Å². The number of likely N-dealkylation sites (N-methyl/N-ethyl adjacent to an activating group) is 1. The lowest BCUT2D eigenvalue weighted by atomic mass is 9.86. The molecule has 0 saturated carbocycles. The average molecular weight is 738 g/mol. The molecule has 282 valence electrons. The van der Waals surface area contributed by atoms with Crippen LogP contribution >= 0.6 is 0 Å². The number of carbonyl (C=O) groups is 3. The molecule has 5 N–H and O–H groups in total. The van der Waals surface area contributed by atoms with Crippen LogP contribution in [0.3, 0.4) is 0 Å². The molecule has 0 aliphatic carbocycles. The van der Waals surface area contributed by atoms with Gasteiger partial charge in [0.25, 0.3) is 11.5 Å². The van der Waals surface area contributed by atoms with Crippen molar-refractivity contribution in [2.45, 2.75) is 45.2 Å². The Bertz CT molecular complexity index is 2190. The summed E-state index contributed by atoms with van der Waals surface area (Å²) in [5.74, 6) is -0.948. The fraction of sp³-hybridized carbons (Fsp3) is 0.359. The van der Waals surface area contributed by atoms with E-state index in [0.717, 1.165) is 53.8 Å². The number of pyridine rings is 2. The van der Waals surface area contributed by atoms with Crippen molar-refractivity contribution in [1.29, 1.82) is 0 Å². The van der Waals surface area contributed by atoms with Crippen molar-refractivity contribution in [2.24, 2.45) is 0 Å². The topological polar surface area (TPSA) is 188 Å². The molecule has 2 aromatic carbocycles. The van der Waals surface area contributed by atoms with Crippen LogP contribution in [-0.4, -0.2) is 94.0 Å². The number of nitrogens with zero attached hydrogens (tertiary/aromatic N) is 4. The molecule has 1 atom stereocenters. The number of benzene rings is 2. The van der Waals surface area contributed by atoms with Crippen LogP contribution in [0.15, 0.2) is 59.4 Å². The number of fused-ring (bicyclic) bond motifs is 5. The van der Waals surface area contributed by atoms with Crippen molar-refractivity contribution >= 4 is 34.9 Å². The average Bonchev–Trinajstić information content (AvgIpc) is 3.54.